The summed E-state index contributed by atoms with van der Waals surface area (Å²) in [7, 11) is 4.50. The average Bonchev–Trinajstić information content (AvgIpc) is 3.39. The number of hydrogen-bond acceptors (Lipinski definition) is 6. The number of amides is 2. The van der Waals surface area contributed by atoms with Crippen molar-refractivity contribution in [1.29, 1.82) is 0 Å². The first-order valence-corrected chi connectivity index (χ1v) is 13.8. The van der Waals surface area contributed by atoms with Gasteiger partial charge >= 0.3 is 5.97 Å². The molecule has 0 aliphatic carbocycles. The number of carbonyl (C=O) groups excluding carboxylic acids is 3. The minimum atomic E-state index is -0.345. The summed E-state index contributed by atoms with van der Waals surface area (Å²) in [5.74, 6) is 0.600. The van der Waals surface area contributed by atoms with E-state index < -0.39 is 0 Å². The van der Waals surface area contributed by atoms with Crippen LogP contribution in [0.3, 0.4) is 0 Å². The van der Waals surface area contributed by atoms with E-state index in [0.717, 1.165) is 34.9 Å². The highest BCUT2D eigenvalue weighted by Gasteiger charge is 2.22. The molecule has 0 bridgehead atoms. The van der Waals surface area contributed by atoms with E-state index in [4.69, 9.17) is 9.47 Å². The van der Waals surface area contributed by atoms with Crippen LogP contribution in [0.15, 0.2) is 48.7 Å². The normalized spacial score (nSPS) is 10.8. The van der Waals surface area contributed by atoms with Crippen LogP contribution in [0.25, 0.3) is 10.9 Å². The van der Waals surface area contributed by atoms with Crippen molar-refractivity contribution in [2.24, 2.45) is 0 Å². The Morgan fingerprint density at radius 2 is 1.62 bits per heavy atom. The molecule has 9 nitrogen and oxygen atoms in total. The molecule has 1 aromatic heterocycles. The highest BCUT2D eigenvalue weighted by Crippen LogP contribution is 2.28. The fourth-order valence-corrected chi connectivity index (χ4v) is 4.63. The van der Waals surface area contributed by atoms with E-state index in [1.807, 2.05) is 49.5 Å². The van der Waals surface area contributed by atoms with Crippen molar-refractivity contribution in [1.82, 2.24) is 14.8 Å². The van der Waals surface area contributed by atoms with Crippen molar-refractivity contribution in [3.8, 4) is 11.5 Å². The van der Waals surface area contributed by atoms with Gasteiger partial charge in [0.15, 0.2) is 11.5 Å². The third-order valence-electron chi connectivity index (χ3n) is 6.96. The van der Waals surface area contributed by atoms with Gasteiger partial charge in [-0.1, -0.05) is 37.6 Å². The molecule has 0 saturated heterocycles. The summed E-state index contributed by atoms with van der Waals surface area (Å²) >= 11 is 0. The number of aromatic amines is 1. The molecule has 2 aromatic carbocycles. The standard InChI is InChI=1S/C31H41N3O6/c1-5-6-17-33(29(35)12-9-13-31(37)40-4)22-30(36)34(21-23-14-15-27(38-2)28(19-23)39-3)18-16-24-20-32-26-11-8-7-10-25(24)26/h7-8,10-11,14-15,19-20,32H,5-6,9,12-13,16-18,21-22H2,1-4H3. The lowest BCUT2D eigenvalue weighted by Crippen LogP contribution is -2.43. The largest absolute Gasteiger partial charge is 0.493 e. The number of benzene rings is 2. The van der Waals surface area contributed by atoms with Crippen LogP contribution in [0, 0.1) is 0 Å². The molecule has 0 radical (unpaired) electrons. The number of carbonyl (C=O) groups is 3. The molecule has 0 saturated carbocycles. The molecule has 0 spiro atoms. The number of unbranched alkanes of at least 4 members (excludes halogenated alkanes) is 1. The number of fused-ring (bicyclic) bond motifs is 1. The van der Waals surface area contributed by atoms with Crippen molar-refractivity contribution >= 4 is 28.7 Å². The molecule has 0 unspecified atom stereocenters. The van der Waals surface area contributed by atoms with Crippen LogP contribution in [0.5, 0.6) is 11.5 Å². The maximum absolute atomic E-state index is 13.7. The van der Waals surface area contributed by atoms with E-state index in [1.54, 1.807) is 24.0 Å². The van der Waals surface area contributed by atoms with Gasteiger partial charge in [-0.15, -0.1) is 0 Å². The fraction of sp³-hybridized carbons (Fsp3) is 0.452. The zero-order valence-corrected chi connectivity index (χ0v) is 24.0. The second-order valence-corrected chi connectivity index (χ2v) is 9.71. The second kappa shape index (κ2) is 15.5. The fourth-order valence-electron chi connectivity index (χ4n) is 4.63. The molecule has 2 amide bonds. The van der Waals surface area contributed by atoms with Crippen molar-refractivity contribution in [3.05, 3.63) is 59.8 Å². The summed E-state index contributed by atoms with van der Waals surface area (Å²) in [6.45, 7) is 3.36. The minimum absolute atomic E-state index is 0.0156. The van der Waals surface area contributed by atoms with E-state index >= 15 is 0 Å². The van der Waals surface area contributed by atoms with Crippen LogP contribution in [0.4, 0.5) is 0 Å². The smallest absolute Gasteiger partial charge is 0.305 e. The van der Waals surface area contributed by atoms with Crippen LogP contribution in [-0.4, -0.2) is 73.5 Å². The van der Waals surface area contributed by atoms with Gasteiger partial charge in [0.05, 0.1) is 27.9 Å². The summed E-state index contributed by atoms with van der Waals surface area (Å²) in [6.07, 6.45) is 5.09. The Morgan fingerprint density at radius 1 is 0.850 bits per heavy atom. The first-order chi connectivity index (χ1) is 19.4. The van der Waals surface area contributed by atoms with E-state index in [2.05, 4.69) is 15.8 Å². The number of para-hydroxylation sites is 1. The molecule has 1 heterocycles. The molecule has 3 rings (SSSR count). The molecular formula is C31H41N3O6. The number of ether oxygens (including phenoxy) is 3. The summed E-state index contributed by atoms with van der Waals surface area (Å²) < 4.78 is 15.5. The Balaban J connectivity index is 1.78. The Kier molecular flexibility index (Phi) is 11.9. The van der Waals surface area contributed by atoms with E-state index in [1.165, 1.54) is 7.11 Å². The van der Waals surface area contributed by atoms with Gasteiger partial charge in [0, 0.05) is 49.6 Å². The maximum Gasteiger partial charge on any atom is 0.305 e. The van der Waals surface area contributed by atoms with Crippen LogP contribution in [-0.2, 0) is 32.1 Å². The Labute approximate surface area is 236 Å². The van der Waals surface area contributed by atoms with E-state index in [-0.39, 0.29) is 37.2 Å². The number of nitrogens with zero attached hydrogens (tertiary/aromatic N) is 2. The molecule has 0 fully saturated rings. The highest BCUT2D eigenvalue weighted by atomic mass is 16.5. The lowest BCUT2D eigenvalue weighted by atomic mass is 10.1. The summed E-state index contributed by atoms with van der Waals surface area (Å²) in [5, 5.41) is 1.13. The van der Waals surface area contributed by atoms with Gasteiger partial charge in [-0.2, -0.15) is 0 Å². The number of esters is 1. The molecule has 0 atom stereocenters. The van der Waals surface area contributed by atoms with Gasteiger partial charge < -0.3 is 29.0 Å². The zero-order valence-electron chi connectivity index (χ0n) is 24.0. The van der Waals surface area contributed by atoms with Gasteiger partial charge in [-0.3, -0.25) is 14.4 Å². The average molecular weight is 552 g/mol. The van der Waals surface area contributed by atoms with Gasteiger partial charge in [-0.05, 0) is 48.6 Å². The van der Waals surface area contributed by atoms with Gasteiger partial charge in [0.1, 0.15) is 0 Å². The van der Waals surface area contributed by atoms with Crippen LogP contribution < -0.4 is 9.47 Å². The number of hydrogen-bond donors (Lipinski definition) is 1. The van der Waals surface area contributed by atoms with Gasteiger partial charge in [0.2, 0.25) is 11.8 Å². The SMILES string of the molecule is CCCCN(CC(=O)N(CCc1c[nH]c2ccccc12)Cc1ccc(OC)c(OC)c1)C(=O)CCCC(=O)OC. The number of nitrogens with one attached hydrogen (secondary N) is 1. The molecule has 1 N–H and O–H groups in total. The van der Waals surface area contributed by atoms with Crippen molar-refractivity contribution < 1.29 is 28.6 Å². The zero-order chi connectivity index (χ0) is 28.9. The Bertz CT molecular complexity index is 1270. The lowest BCUT2D eigenvalue weighted by Gasteiger charge is -2.28. The first-order valence-electron chi connectivity index (χ1n) is 13.8. The molecule has 9 heteroatoms. The number of rotatable bonds is 16. The Hall–Kier alpha value is -4.01. The van der Waals surface area contributed by atoms with Crippen molar-refractivity contribution in [2.75, 3.05) is 41.0 Å². The maximum atomic E-state index is 13.7. The molecule has 216 valence electrons. The number of methoxy groups -OCH3 is 3. The van der Waals surface area contributed by atoms with Crippen molar-refractivity contribution in [3.63, 3.8) is 0 Å². The van der Waals surface area contributed by atoms with Crippen LogP contribution in [0.2, 0.25) is 0 Å². The quantitative estimate of drug-likeness (QED) is 0.258. The summed E-state index contributed by atoms with van der Waals surface area (Å²) in [5.41, 5.74) is 3.08. The topological polar surface area (TPSA) is 101 Å². The molecule has 40 heavy (non-hydrogen) atoms. The summed E-state index contributed by atoms with van der Waals surface area (Å²) in [6, 6.07) is 13.7. The monoisotopic (exact) mass is 551 g/mol. The third-order valence-corrected chi connectivity index (χ3v) is 6.96. The van der Waals surface area contributed by atoms with Crippen LogP contribution >= 0.6 is 0 Å². The van der Waals surface area contributed by atoms with Crippen LogP contribution in [0.1, 0.15) is 50.2 Å². The number of aromatic nitrogens is 1. The molecule has 0 aliphatic heterocycles. The highest BCUT2D eigenvalue weighted by molar-refractivity contribution is 5.85. The van der Waals surface area contributed by atoms with E-state index in [0.29, 0.717) is 44.0 Å². The Morgan fingerprint density at radius 3 is 2.35 bits per heavy atom. The molecule has 0 aliphatic rings. The van der Waals surface area contributed by atoms with E-state index in [9.17, 15) is 14.4 Å². The molecule has 3 aromatic rings. The third kappa shape index (κ3) is 8.49. The number of H-pyrrole nitrogens is 1. The lowest BCUT2D eigenvalue weighted by molar-refractivity contribution is -0.142. The van der Waals surface area contributed by atoms with Crippen molar-refractivity contribution in [2.45, 2.75) is 52.0 Å². The van der Waals surface area contributed by atoms with Gasteiger partial charge in [-0.25, -0.2) is 0 Å². The molecular weight excluding hydrogens is 510 g/mol. The predicted molar refractivity (Wildman–Crippen MR) is 154 cm³/mol. The summed E-state index contributed by atoms with van der Waals surface area (Å²) in [4.78, 5) is 45.0. The second-order valence-electron chi connectivity index (χ2n) is 9.71. The first kappa shape index (κ1) is 30.5. The van der Waals surface area contributed by atoms with Gasteiger partial charge in [0.25, 0.3) is 0 Å². The predicted octanol–water partition coefficient (Wildman–Crippen LogP) is 4.73. The minimum Gasteiger partial charge on any atom is -0.493 e.